The number of pyridine rings is 1. The van der Waals surface area contributed by atoms with Crippen LogP contribution in [0.3, 0.4) is 0 Å². The molecule has 1 aromatic heterocycles. The SMILES string of the molecule is CC1CCCC/C1=N/NC(=O)c1ccncc1. The summed E-state index contributed by atoms with van der Waals surface area (Å²) in [6, 6.07) is 3.36. The molecule has 0 bridgehead atoms. The minimum Gasteiger partial charge on any atom is -0.267 e. The molecule has 4 nitrogen and oxygen atoms in total. The van der Waals surface area contributed by atoms with Gasteiger partial charge in [0.25, 0.3) is 5.91 Å². The van der Waals surface area contributed by atoms with Crippen molar-refractivity contribution in [1.82, 2.24) is 10.4 Å². The number of nitrogens with zero attached hydrogens (tertiary/aromatic N) is 2. The molecule has 1 saturated carbocycles. The molecule has 1 N–H and O–H groups in total. The third kappa shape index (κ3) is 3.12. The van der Waals surface area contributed by atoms with Crippen molar-refractivity contribution in [2.75, 3.05) is 0 Å². The molecule has 17 heavy (non-hydrogen) atoms. The second kappa shape index (κ2) is 5.57. The molecule has 1 aliphatic rings. The maximum absolute atomic E-state index is 11.7. The highest BCUT2D eigenvalue weighted by Crippen LogP contribution is 2.20. The maximum Gasteiger partial charge on any atom is 0.271 e. The zero-order valence-electron chi connectivity index (χ0n) is 10.0. The molecule has 1 atom stereocenters. The van der Waals surface area contributed by atoms with Crippen molar-refractivity contribution in [3.05, 3.63) is 30.1 Å². The Morgan fingerprint density at radius 1 is 1.41 bits per heavy atom. The third-order valence-corrected chi connectivity index (χ3v) is 3.13. The van der Waals surface area contributed by atoms with Crippen LogP contribution in [0, 0.1) is 5.92 Å². The lowest BCUT2D eigenvalue weighted by atomic mass is 9.89. The van der Waals surface area contributed by atoms with Crippen LogP contribution in [0.4, 0.5) is 0 Å². The van der Waals surface area contributed by atoms with Crippen LogP contribution in [0.15, 0.2) is 29.6 Å². The van der Waals surface area contributed by atoms with Crippen molar-refractivity contribution in [3.63, 3.8) is 0 Å². The van der Waals surface area contributed by atoms with E-state index in [4.69, 9.17) is 0 Å². The number of rotatable bonds is 2. The number of hydrogen-bond donors (Lipinski definition) is 1. The summed E-state index contributed by atoms with van der Waals surface area (Å²) >= 11 is 0. The molecule has 0 spiro atoms. The Morgan fingerprint density at radius 3 is 2.88 bits per heavy atom. The lowest BCUT2D eigenvalue weighted by Crippen LogP contribution is -2.24. The van der Waals surface area contributed by atoms with Crippen LogP contribution >= 0.6 is 0 Å². The molecule has 1 aliphatic carbocycles. The molecule has 0 radical (unpaired) electrons. The molecule has 1 aromatic rings. The van der Waals surface area contributed by atoms with Gasteiger partial charge in [0, 0.05) is 23.7 Å². The molecule has 0 saturated heterocycles. The van der Waals surface area contributed by atoms with Gasteiger partial charge in [0.15, 0.2) is 0 Å². The minimum atomic E-state index is -0.169. The van der Waals surface area contributed by atoms with E-state index in [1.807, 2.05) is 0 Å². The fourth-order valence-electron chi connectivity index (χ4n) is 2.03. The third-order valence-electron chi connectivity index (χ3n) is 3.13. The topological polar surface area (TPSA) is 54.4 Å². The standard InChI is InChI=1S/C13H17N3O/c1-10-4-2-3-5-12(10)15-16-13(17)11-6-8-14-9-7-11/h6-10H,2-5H2,1H3,(H,16,17)/b15-12-. The molecule has 2 rings (SSSR count). The van der Waals surface area contributed by atoms with E-state index in [0.29, 0.717) is 11.5 Å². The maximum atomic E-state index is 11.7. The van der Waals surface area contributed by atoms with E-state index >= 15 is 0 Å². The van der Waals surface area contributed by atoms with Crippen molar-refractivity contribution < 1.29 is 4.79 Å². The van der Waals surface area contributed by atoms with Gasteiger partial charge in [-0.05, 0) is 37.3 Å². The summed E-state index contributed by atoms with van der Waals surface area (Å²) in [7, 11) is 0. The Bertz CT molecular complexity index is 414. The predicted octanol–water partition coefficient (Wildman–Crippen LogP) is 2.38. The number of aromatic nitrogens is 1. The van der Waals surface area contributed by atoms with Crippen LogP contribution in [0.25, 0.3) is 0 Å². The van der Waals surface area contributed by atoms with Crippen LogP contribution in [0.1, 0.15) is 43.0 Å². The van der Waals surface area contributed by atoms with Gasteiger partial charge < -0.3 is 0 Å². The summed E-state index contributed by atoms with van der Waals surface area (Å²) in [5.41, 5.74) is 4.32. The fraction of sp³-hybridized carbons (Fsp3) is 0.462. The summed E-state index contributed by atoms with van der Waals surface area (Å²) in [5.74, 6) is 0.319. The Hall–Kier alpha value is -1.71. The average Bonchev–Trinajstić information content (AvgIpc) is 2.38. The first kappa shape index (κ1) is 11.8. The molecular weight excluding hydrogens is 214 g/mol. The summed E-state index contributed by atoms with van der Waals surface area (Å²) < 4.78 is 0. The van der Waals surface area contributed by atoms with Gasteiger partial charge in [0.2, 0.25) is 0 Å². The van der Waals surface area contributed by atoms with Crippen LogP contribution in [-0.2, 0) is 0 Å². The van der Waals surface area contributed by atoms with Crippen molar-refractivity contribution >= 4 is 11.6 Å². The van der Waals surface area contributed by atoms with Gasteiger partial charge in [-0.25, -0.2) is 5.43 Å². The Labute approximate surface area is 101 Å². The molecule has 90 valence electrons. The van der Waals surface area contributed by atoms with Gasteiger partial charge in [-0.1, -0.05) is 13.3 Å². The van der Waals surface area contributed by atoms with E-state index in [9.17, 15) is 4.79 Å². The van der Waals surface area contributed by atoms with Gasteiger partial charge in [-0.15, -0.1) is 0 Å². The molecule has 1 unspecified atom stereocenters. The molecule has 1 amide bonds. The van der Waals surface area contributed by atoms with Crippen molar-refractivity contribution in [3.8, 4) is 0 Å². The zero-order chi connectivity index (χ0) is 12.1. The van der Waals surface area contributed by atoms with Crippen molar-refractivity contribution in [1.29, 1.82) is 0 Å². The lowest BCUT2D eigenvalue weighted by Gasteiger charge is -2.19. The summed E-state index contributed by atoms with van der Waals surface area (Å²) in [6.07, 6.45) is 7.81. The van der Waals surface area contributed by atoms with E-state index < -0.39 is 0 Å². The van der Waals surface area contributed by atoms with Crippen LogP contribution in [-0.4, -0.2) is 16.6 Å². The normalized spacial score (nSPS) is 22.4. The number of carbonyl (C=O) groups is 1. The number of carbonyl (C=O) groups excluding carboxylic acids is 1. The van der Waals surface area contributed by atoms with E-state index in [2.05, 4.69) is 22.4 Å². The number of hydrazone groups is 1. The van der Waals surface area contributed by atoms with Gasteiger partial charge in [0.1, 0.15) is 0 Å². The van der Waals surface area contributed by atoms with Crippen molar-refractivity contribution in [2.45, 2.75) is 32.6 Å². The Morgan fingerprint density at radius 2 is 2.18 bits per heavy atom. The molecule has 0 aromatic carbocycles. The molecular formula is C13H17N3O. The quantitative estimate of drug-likeness (QED) is 0.794. The highest BCUT2D eigenvalue weighted by atomic mass is 16.2. The average molecular weight is 231 g/mol. The van der Waals surface area contributed by atoms with E-state index in [-0.39, 0.29) is 5.91 Å². The van der Waals surface area contributed by atoms with Gasteiger partial charge in [-0.3, -0.25) is 9.78 Å². The highest BCUT2D eigenvalue weighted by Gasteiger charge is 2.16. The Kier molecular flexibility index (Phi) is 3.85. The number of hydrogen-bond acceptors (Lipinski definition) is 3. The largest absolute Gasteiger partial charge is 0.271 e. The molecule has 4 heteroatoms. The lowest BCUT2D eigenvalue weighted by molar-refractivity contribution is 0.0954. The first-order valence-corrected chi connectivity index (χ1v) is 6.04. The number of nitrogens with one attached hydrogen (secondary N) is 1. The van der Waals surface area contributed by atoms with Gasteiger partial charge in [-0.2, -0.15) is 5.10 Å². The first-order valence-electron chi connectivity index (χ1n) is 6.04. The smallest absolute Gasteiger partial charge is 0.267 e. The molecule has 1 heterocycles. The second-order valence-corrected chi connectivity index (χ2v) is 4.43. The summed E-state index contributed by atoms with van der Waals surface area (Å²) in [6.45, 7) is 2.16. The Balaban J connectivity index is 1.97. The molecule has 0 aliphatic heterocycles. The number of amides is 1. The van der Waals surface area contributed by atoms with Crippen LogP contribution in [0.2, 0.25) is 0 Å². The monoisotopic (exact) mass is 231 g/mol. The second-order valence-electron chi connectivity index (χ2n) is 4.43. The zero-order valence-corrected chi connectivity index (χ0v) is 10.0. The predicted molar refractivity (Wildman–Crippen MR) is 66.8 cm³/mol. The van der Waals surface area contributed by atoms with Gasteiger partial charge >= 0.3 is 0 Å². The first-order chi connectivity index (χ1) is 8.27. The summed E-state index contributed by atoms with van der Waals surface area (Å²) in [5, 5.41) is 4.24. The van der Waals surface area contributed by atoms with Crippen LogP contribution in [0.5, 0.6) is 0 Å². The van der Waals surface area contributed by atoms with E-state index in [1.165, 1.54) is 19.3 Å². The van der Waals surface area contributed by atoms with E-state index in [0.717, 1.165) is 12.1 Å². The van der Waals surface area contributed by atoms with Gasteiger partial charge in [0.05, 0.1) is 0 Å². The van der Waals surface area contributed by atoms with Crippen LogP contribution < -0.4 is 5.43 Å². The fourth-order valence-corrected chi connectivity index (χ4v) is 2.03. The van der Waals surface area contributed by atoms with E-state index in [1.54, 1.807) is 24.5 Å². The minimum absolute atomic E-state index is 0.169. The molecule has 1 fully saturated rings. The summed E-state index contributed by atoms with van der Waals surface area (Å²) in [4.78, 5) is 15.6. The van der Waals surface area contributed by atoms with Crippen molar-refractivity contribution in [2.24, 2.45) is 11.0 Å². The highest BCUT2D eigenvalue weighted by molar-refractivity contribution is 5.95.